The Hall–Kier alpha value is -3.53. The van der Waals surface area contributed by atoms with Crippen molar-refractivity contribution in [3.63, 3.8) is 0 Å². The third kappa shape index (κ3) is 5.41. The number of nitrogens with two attached hydrogens (primary N) is 1. The van der Waals surface area contributed by atoms with Gasteiger partial charge in [-0.1, -0.05) is 5.16 Å². The van der Waals surface area contributed by atoms with Crippen molar-refractivity contribution >= 4 is 50.0 Å². The number of piperazine rings is 1. The molecular formula is C25H31N7O6S2. The molecule has 214 valence electrons. The van der Waals surface area contributed by atoms with Gasteiger partial charge >= 0.3 is 5.97 Å². The van der Waals surface area contributed by atoms with Crippen LogP contribution >= 0.6 is 11.3 Å². The van der Waals surface area contributed by atoms with Crippen LogP contribution in [0.2, 0.25) is 0 Å². The molecule has 0 bridgehead atoms. The van der Waals surface area contributed by atoms with E-state index in [1.54, 1.807) is 30.0 Å². The first-order valence-electron chi connectivity index (χ1n) is 12.8. The van der Waals surface area contributed by atoms with Crippen LogP contribution in [0.1, 0.15) is 39.3 Å². The largest absolute Gasteiger partial charge is 0.466 e. The number of benzene rings is 1. The molecule has 0 saturated carbocycles. The van der Waals surface area contributed by atoms with E-state index in [9.17, 15) is 18.0 Å². The first-order chi connectivity index (χ1) is 19.1. The van der Waals surface area contributed by atoms with Gasteiger partial charge < -0.3 is 30.5 Å². The number of likely N-dealkylation sites (N-methyl/N-ethyl adjacent to an activating group) is 1. The van der Waals surface area contributed by atoms with Gasteiger partial charge in [-0.2, -0.15) is 4.31 Å². The Kier molecular flexibility index (Phi) is 7.81. The number of H-pyrrole nitrogens is 1. The number of nitrogens with one attached hydrogen (secondary N) is 1. The van der Waals surface area contributed by atoms with Crippen molar-refractivity contribution in [3.8, 4) is 0 Å². The van der Waals surface area contributed by atoms with Gasteiger partial charge in [-0.15, -0.1) is 11.3 Å². The molecule has 1 unspecified atom stereocenters. The van der Waals surface area contributed by atoms with E-state index in [0.29, 0.717) is 21.5 Å². The lowest BCUT2D eigenvalue weighted by atomic mass is 10.1. The maximum Gasteiger partial charge on any atom is 0.307 e. The summed E-state index contributed by atoms with van der Waals surface area (Å²) in [7, 11) is -1.99. The number of aromatic nitrogens is 2. The molecule has 1 fully saturated rings. The molecular weight excluding hydrogens is 558 g/mol. The Morgan fingerprint density at radius 2 is 2.08 bits per heavy atom. The monoisotopic (exact) mass is 589 g/mol. The van der Waals surface area contributed by atoms with Crippen LogP contribution in [0.4, 0.5) is 0 Å². The zero-order chi connectivity index (χ0) is 28.6. The van der Waals surface area contributed by atoms with Crippen LogP contribution in [0.3, 0.4) is 0 Å². The van der Waals surface area contributed by atoms with E-state index < -0.39 is 22.0 Å². The average Bonchev–Trinajstić information content (AvgIpc) is 3.56. The number of carbonyl (C=O) groups excluding carboxylic acids is 2. The van der Waals surface area contributed by atoms with Crippen molar-refractivity contribution in [3.05, 3.63) is 45.4 Å². The van der Waals surface area contributed by atoms with Crippen molar-refractivity contribution in [2.45, 2.75) is 37.4 Å². The summed E-state index contributed by atoms with van der Waals surface area (Å²) in [5.41, 5.74) is 7.59. The highest BCUT2D eigenvalue weighted by atomic mass is 32.2. The van der Waals surface area contributed by atoms with Gasteiger partial charge in [0.05, 0.1) is 24.8 Å². The summed E-state index contributed by atoms with van der Waals surface area (Å²) in [6.45, 7) is 3.53. The summed E-state index contributed by atoms with van der Waals surface area (Å²) < 4.78 is 33.8. The normalized spacial score (nSPS) is 19.1. The molecule has 2 aliphatic heterocycles. The molecule has 1 aromatic carbocycles. The second-order valence-corrected chi connectivity index (χ2v) is 12.8. The minimum Gasteiger partial charge on any atom is -0.466 e. The highest BCUT2D eigenvalue weighted by Crippen LogP contribution is 2.29. The molecule has 4 N–H and O–H groups in total. The van der Waals surface area contributed by atoms with Gasteiger partial charge in [0.1, 0.15) is 5.03 Å². The second kappa shape index (κ2) is 11.2. The number of thiazole rings is 1. The zero-order valence-corrected chi connectivity index (χ0v) is 23.8. The number of hydrogen-bond acceptors (Lipinski definition) is 10. The Morgan fingerprint density at radius 3 is 2.83 bits per heavy atom. The second-order valence-electron chi connectivity index (χ2n) is 9.82. The number of carbonyl (C=O) groups is 2. The number of nitrogens with zero attached hydrogens (tertiary/aromatic N) is 5. The SMILES string of the molecule is CCOC(=O)CC1CN(S(=O)(=O)c2cc3cc(C(N)=NO)ccc3[nH]2)CCN1C(=O)c1nc2c(s1)CN(C)CC2. The number of amidine groups is 1. The van der Waals surface area contributed by atoms with Gasteiger partial charge in [-0.3, -0.25) is 9.59 Å². The summed E-state index contributed by atoms with van der Waals surface area (Å²) in [6, 6.07) is 5.63. The van der Waals surface area contributed by atoms with Crippen LogP contribution in [0, 0.1) is 0 Å². The Bertz CT molecular complexity index is 1580. The van der Waals surface area contributed by atoms with Crippen LogP contribution in [0.15, 0.2) is 34.4 Å². The summed E-state index contributed by atoms with van der Waals surface area (Å²) >= 11 is 1.35. The molecule has 13 nitrogen and oxygen atoms in total. The van der Waals surface area contributed by atoms with Gasteiger partial charge in [-0.25, -0.2) is 13.4 Å². The molecule has 2 aliphatic rings. The molecule has 1 saturated heterocycles. The predicted molar refractivity (Wildman–Crippen MR) is 148 cm³/mol. The van der Waals surface area contributed by atoms with Crippen molar-refractivity contribution < 1.29 is 28.0 Å². The van der Waals surface area contributed by atoms with Crippen molar-refractivity contribution in [2.75, 3.05) is 39.8 Å². The molecule has 1 amide bonds. The maximum atomic E-state index is 13.7. The molecule has 4 heterocycles. The van der Waals surface area contributed by atoms with Gasteiger partial charge in [0.15, 0.2) is 10.8 Å². The average molecular weight is 590 g/mol. The fraction of sp³-hybridized carbons (Fsp3) is 0.440. The third-order valence-corrected chi connectivity index (χ3v) is 9.99. The quantitative estimate of drug-likeness (QED) is 0.120. The Morgan fingerprint density at radius 1 is 1.27 bits per heavy atom. The third-order valence-electron chi connectivity index (χ3n) is 7.14. The van der Waals surface area contributed by atoms with Crippen molar-refractivity contribution in [1.29, 1.82) is 0 Å². The maximum absolute atomic E-state index is 13.7. The lowest BCUT2D eigenvalue weighted by Gasteiger charge is -2.39. The van der Waals surface area contributed by atoms with E-state index >= 15 is 0 Å². The van der Waals surface area contributed by atoms with E-state index in [2.05, 4.69) is 20.0 Å². The number of rotatable bonds is 7. The zero-order valence-electron chi connectivity index (χ0n) is 22.2. The molecule has 1 atom stereocenters. The lowest BCUT2D eigenvalue weighted by Crippen LogP contribution is -2.57. The summed E-state index contributed by atoms with van der Waals surface area (Å²) in [5, 5.41) is 12.8. The molecule has 0 spiro atoms. The van der Waals surface area contributed by atoms with Gasteiger partial charge in [-0.05, 0) is 38.2 Å². The number of hydrogen-bond donors (Lipinski definition) is 3. The molecule has 0 radical (unpaired) electrons. The van der Waals surface area contributed by atoms with Gasteiger partial charge in [0.25, 0.3) is 15.9 Å². The fourth-order valence-electron chi connectivity index (χ4n) is 5.04. The number of amides is 1. The van der Waals surface area contributed by atoms with Crippen LogP contribution < -0.4 is 5.73 Å². The fourth-order valence-corrected chi connectivity index (χ4v) is 7.67. The van der Waals surface area contributed by atoms with Crippen LogP contribution in [-0.2, 0) is 32.5 Å². The number of ether oxygens (including phenoxy) is 1. The number of sulfonamides is 1. The van der Waals surface area contributed by atoms with Crippen molar-refractivity contribution in [2.24, 2.45) is 10.9 Å². The van der Waals surface area contributed by atoms with E-state index in [1.807, 2.05) is 7.05 Å². The molecule has 2 aromatic heterocycles. The standard InChI is InChI=1S/C25H31N7O6S2/c1-3-38-22(33)12-17-13-31(8-9-32(17)25(34)24-28-19-6-7-30(2)14-20(19)39-24)40(36,37)21-11-16-10-15(23(26)29-35)4-5-18(16)27-21/h4-5,10-11,17,27,35H,3,6-9,12-14H2,1-2H3,(H2,26,29). The van der Waals surface area contributed by atoms with Gasteiger partial charge in [0.2, 0.25) is 0 Å². The summed E-state index contributed by atoms with van der Waals surface area (Å²) in [5.74, 6) is -0.913. The highest BCUT2D eigenvalue weighted by molar-refractivity contribution is 7.89. The predicted octanol–water partition coefficient (Wildman–Crippen LogP) is 1.18. The first-order valence-corrected chi connectivity index (χ1v) is 15.1. The van der Waals surface area contributed by atoms with E-state index in [0.717, 1.165) is 30.1 Å². The van der Waals surface area contributed by atoms with Crippen molar-refractivity contribution in [1.82, 2.24) is 24.1 Å². The van der Waals surface area contributed by atoms with Crippen LogP contribution in [-0.4, -0.2) is 101 Å². The minimum absolute atomic E-state index is 0.0365. The Balaban J connectivity index is 1.40. The highest BCUT2D eigenvalue weighted by Gasteiger charge is 2.39. The molecule has 3 aromatic rings. The molecule has 5 rings (SSSR count). The Labute approximate surface area is 235 Å². The molecule has 15 heteroatoms. The molecule has 40 heavy (non-hydrogen) atoms. The van der Waals surface area contributed by atoms with E-state index in [4.69, 9.17) is 15.7 Å². The summed E-state index contributed by atoms with van der Waals surface area (Å²) in [6.07, 6.45) is 0.620. The lowest BCUT2D eigenvalue weighted by molar-refractivity contribution is -0.144. The number of oxime groups is 1. The first kappa shape index (κ1) is 28.0. The van der Waals surface area contributed by atoms with Crippen LogP contribution in [0.25, 0.3) is 10.9 Å². The topological polar surface area (TPSA) is 175 Å². The van der Waals surface area contributed by atoms with Gasteiger partial charge in [0, 0.05) is 60.5 Å². The smallest absolute Gasteiger partial charge is 0.307 e. The number of aromatic amines is 1. The van der Waals surface area contributed by atoms with E-state index in [1.165, 1.54) is 21.7 Å². The minimum atomic E-state index is -4.01. The number of esters is 1. The van der Waals surface area contributed by atoms with E-state index in [-0.39, 0.29) is 49.4 Å². The number of fused-ring (bicyclic) bond motifs is 2. The van der Waals surface area contributed by atoms with Crippen LogP contribution in [0.5, 0.6) is 0 Å². The molecule has 0 aliphatic carbocycles. The summed E-state index contributed by atoms with van der Waals surface area (Å²) in [4.78, 5) is 38.4.